The van der Waals surface area contributed by atoms with E-state index in [1.807, 2.05) is 0 Å². The number of benzene rings is 11. The summed E-state index contributed by atoms with van der Waals surface area (Å²) in [6.45, 7) is 0. The van der Waals surface area contributed by atoms with Crippen molar-refractivity contribution in [2.75, 3.05) is 4.90 Å². The number of hydrogen-bond acceptors (Lipinski definition) is 1. The Labute approximate surface area is 409 Å². The lowest BCUT2D eigenvalue weighted by atomic mass is 9.59. The molecule has 0 aliphatic heterocycles. The average Bonchev–Trinajstić information content (AvgIpc) is 4.05. The Balaban J connectivity index is 0.935. The molecule has 15 rings (SSSR count). The smallest absolute Gasteiger partial charge is 0.0734 e. The van der Waals surface area contributed by atoms with Gasteiger partial charge in [-0.05, 0) is 137 Å². The van der Waals surface area contributed by atoms with Crippen LogP contribution in [0.5, 0.6) is 0 Å². The van der Waals surface area contributed by atoms with Crippen LogP contribution in [0, 0.1) is 0 Å². The van der Waals surface area contributed by atoms with Crippen LogP contribution >= 0.6 is 0 Å². The lowest BCUT2D eigenvalue weighted by Crippen LogP contribution is -2.35. The summed E-state index contributed by atoms with van der Waals surface area (Å²) in [4.78, 5) is 2.50. The van der Waals surface area contributed by atoms with E-state index in [0.717, 1.165) is 17.1 Å². The summed E-state index contributed by atoms with van der Waals surface area (Å²) in [7, 11) is 0. The summed E-state index contributed by atoms with van der Waals surface area (Å²) in [6, 6.07) is 100. The van der Waals surface area contributed by atoms with E-state index in [0.29, 0.717) is 0 Å². The Morgan fingerprint density at radius 3 is 1.53 bits per heavy atom. The molecule has 1 nitrogen and oxygen atoms in total. The highest BCUT2D eigenvalue weighted by molar-refractivity contribution is 5.97. The molecule has 70 heavy (non-hydrogen) atoms. The number of para-hydroxylation sites is 1. The molecule has 0 aromatic heterocycles. The van der Waals surface area contributed by atoms with Gasteiger partial charge in [0, 0.05) is 22.9 Å². The highest BCUT2D eigenvalue weighted by Crippen LogP contribution is 2.66. The topological polar surface area (TPSA) is 3.24 Å². The van der Waals surface area contributed by atoms with Crippen LogP contribution in [0.4, 0.5) is 17.1 Å². The molecule has 2 atom stereocenters. The zero-order valence-electron chi connectivity index (χ0n) is 38.4. The minimum absolute atomic E-state index is 0.209. The normalized spacial score (nSPS) is 16.6. The summed E-state index contributed by atoms with van der Waals surface area (Å²) in [5.74, 6) is 0.209. The number of fused-ring (bicyclic) bond motifs is 15. The Kier molecular flexibility index (Phi) is 8.33. The van der Waals surface area contributed by atoms with Gasteiger partial charge in [-0.1, -0.05) is 231 Å². The molecule has 0 fully saturated rings. The molecule has 1 heteroatoms. The zero-order valence-corrected chi connectivity index (χ0v) is 38.4. The van der Waals surface area contributed by atoms with Gasteiger partial charge in [-0.25, -0.2) is 0 Å². The summed E-state index contributed by atoms with van der Waals surface area (Å²) < 4.78 is 0. The van der Waals surface area contributed by atoms with E-state index in [1.165, 1.54) is 106 Å². The lowest BCUT2D eigenvalue weighted by Gasteiger charge is -2.42. The van der Waals surface area contributed by atoms with Gasteiger partial charge >= 0.3 is 0 Å². The molecule has 4 aliphatic carbocycles. The molecule has 326 valence electrons. The fourth-order valence-electron chi connectivity index (χ4n) is 13.7. The molecule has 0 heterocycles. The van der Waals surface area contributed by atoms with Crippen LogP contribution in [0.15, 0.2) is 267 Å². The fraction of sp³-hybridized carbons (Fsp3) is 0.0435. The third kappa shape index (κ3) is 5.11. The second-order valence-corrected chi connectivity index (χ2v) is 19.4. The quantitative estimate of drug-likeness (QED) is 0.161. The SMILES string of the molecule is c1ccc(N(c2cccc(-c3ccc4c(c3)-c3ccccc3C43c4ccccc4C4c5ccccc5-c5cccc3c54)c2)c2cccc3c2C(c2ccccc2)(c2ccccc2)c2ccccc2-3)cc1. The maximum absolute atomic E-state index is 2.50. The van der Waals surface area contributed by atoms with Gasteiger partial charge in [0.1, 0.15) is 0 Å². The molecule has 0 radical (unpaired) electrons. The van der Waals surface area contributed by atoms with E-state index in [9.17, 15) is 0 Å². The molecule has 4 aliphatic rings. The van der Waals surface area contributed by atoms with Crippen molar-refractivity contribution in [3.63, 3.8) is 0 Å². The van der Waals surface area contributed by atoms with E-state index >= 15 is 0 Å². The Hall–Kier alpha value is -8.78. The minimum atomic E-state index is -0.571. The van der Waals surface area contributed by atoms with Gasteiger partial charge in [0.2, 0.25) is 0 Å². The number of rotatable bonds is 6. The van der Waals surface area contributed by atoms with Gasteiger partial charge in [-0.15, -0.1) is 0 Å². The van der Waals surface area contributed by atoms with Crippen LogP contribution in [0.1, 0.15) is 67.1 Å². The van der Waals surface area contributed by atoms with Gasteiger partial charge in [0.05, 0.1) is 16.5 Å². The highest BCUT2D eigenvalue weighted by Gasteiger charge is 2.54. The molecular weight excluding hydrogens is 843 g/mol. The van der Waals surface area contributed by atoms with Gasteiger partial charge in [-0.2, -0.15) is 0 Å². The van der Waals surface area contributed by atoms with E-state index in [1.54, 1.807) is 0 Å². The van der Waals surface area contributed by atoms with E-state index in [4.69, 9.17) is 0 Å². The molecular formula is C69H45N. The molecule has 0 amide bonds. The maximum atomic E-state index is 2.50. The monoisotopic (exact) mass is 887 g/mol. The van der Waals surface area contributed by atoms with Crippen LogP contribution in [0.3, 0.4) is 0 Å². The van der Waals surface area contributed by atoms with Crippen LogP contribution in [0.2, 0.25) is 0 Å². The average molecular weight is 888 g/mol. The zero-order chi connectivity index (χ0) is 46.0. The first kappa shape index (κ1) is 39.2. The number of nitrogens with zero attached hydrogens (tertiary/aromatic N) is 1. The Morgan fingerprint density at radius 2 is 0.786 bits per heavy atom. The van der Waals surface area contributed by atoms with Crippen molar-refractivity contribution in [3.8, 4) is 44.5 Å². The second-order valence-electron chi connectivity index (χ2n) is 19.4. The predicted molar refractivity (Wildman–Crippen MR) is 288 cm³/mol. The molecule has 11 aromatic rings. The van der Waals surface area contributed by atoms with Crippen molar-refractivity contribution in [2.24, 2.45) is 0 Å². The maximum Gasteiger partial charge on any atom is 0.0734 e. The van der Waals surface area contributed by atoms with Crippen LogP contribution < -0.4 is 4.90 Å². The van der Waals surface area contributed by atoms with Crippen LogP contribution in [-0.4, -0.2) is 0 Å². The summed E-state index contributed by atoms with van der Waals surface area (Å²) in [5, 5.41) is 0. The van der Waals surface area contributed by atoms with Gasteiger partial charge in [0.15, 0.2) is 0 Å². The van der Waals surface area contributed by atoms with E-state index in [2.05, 4.69) is 272 Å². The van der Waals surface area contributed by atoms with Gasteiger partial charge in [0.25, 0.3) is 0 Å². The largest absolute Gasteiger partial charge is 0.310 e. The summed E-state index contributed by atoms with van der Waals surface area (Å²) >= 11 is 0. The van der Waals surface area contributed by atoms with Crippen molar-refractivity contribution >= 4 is 17.1 Å². The standard InChI is InChI=1S/C69H45N/c1-4-22-47(23-5-1)68(48-24-6-2-7-25-48)59-36-15-12-30-52(59)56-35-20-40-64(67(56)68)70(49-26-8-3-9-27-49)50-28-18-21-45(43-50)46-41-42-62-58(44-46)53-31-13-16-37-60(53)69(62)61-38-17-14-33-57(61)65-54-32-11-10-29-51(54)55-34-19-39-63(69)66(55)65/h1-44,65H. The molecule has 1 spiro atoms. The van der Waals surface area contributed by atoms with Crippen LogP contribution in [-0.2, 0) is 10.8 Å². The lowest BCUT2D eigenvalue weighted by molar-refractivity contribution is 0.704. The molecule has 0 saturated heterocycles. The molecule has 11 aromatic carbocycles. The number of anilines is 3. The minimum Gasteiger partial charge on any atom is -0.310 e. The van der Waals surface area contributed by atoms with E-state index in [-0.39, 0.29) is 5.92 Å². The fourth-order valence-corrected chi connectivity index (χ4v) is 13.7. The van der Waals surface area contributed by atoms with Gasteiger partial charge < -0.3 is 4.90 Å². The second kappa shape index (κ2) is 14.9. The molecule has 0 bridgehead atoms. The first-order chi connectivity index (χ1) is 34.8. The molecule has 0 N–H and O–H groups in total. The summed E-state index contributed by atoms with van der Waals surface area (Å²) in [6.07, 6.45) is 0. The van der Waals surface area contributed by atoms with Crippen molar-refractivity contribution in [1.29, 1.82) is 0 Å². The van der Waals surface area contributed by atoms with Crippen molar-refractivity contribution in [3.05, 3.63) is 328 Å². The number of hydrogen-bond donors (Lipinski definition) is 0. The molecule has 0 saturated carbocycles. The first-order valence-corrected chi connectivity index (χ1v) is 24.6. The Morgan fingerprint density at radius 1 is 0.286 bits per heavy atom. The van der Waals surface area contributed by atoms with Crippen molar-refractivity contribution < 1.29 is 0 Å². The van der Waals surface area contributed by atoms with Crippen LogP contribution in [0.25, 0.3) is 44.5 Å². The summed E-state index contributed by atoms with van der Waals surface area (Å²) in [5.41, 5.74) is 27.4. The highest BCUT2D eigenvalue weighted by atomic mass is 15.1. The Bertz CT molecular complexity index is 3870. The first-order valence-electron chi connectivity index (χ1n) is 24.6. The predicted octanol–water partition coefficient (Wildman–Crippen LogP) is 17.0. The van der Waals surface area contributed by atoms with Gasteiger partial charge in [-0.3, -0.25) is 0 Å². The molecule has 2 unspecified atom stereocenters. The third-order valence-corrected chi connectivity index (χ3v) is 16.2. The third-order valence-electron chi connectivity index (χ3n) is 16.2. The van der Waals surface area contributed by atoms with E-state index < -0.39 is 10.8 Å². The van der Waals surface area contributed by atoms with Crippen molar-refractivity contribution in [2.45, 2.75) is 16.7 Å². The van der Waals surface area contributed by atoms with Crippen molar-refractivity contribution in [1.82, 2.24) is 0 Å².